The SMILES string of the molecule is CC(Cc1c(F)cccc1F)NC(=O)C1CCNC1C. The van der Waals surface area contributed by atoms with Gasteiger partial charge in [-0.3, -0.25) is 4.79 Å². The monoisotopic (exact) mass is 282 g/mol. The van der Waals surface area contributed by atoms with Gasteiger partial charge in [0.1, 0.15) is 11.6 Å². The summed E-state index contributed by atoms with van der Waals surface area (Å²) in [6.07, 6.45) is 0.951. The molecule has 110 valence electrons. The molecule has 3 atom stereocenters. The van der Waals surface area contributed by atoms with Gasteiger partial charge in [-0.25, -0.2) is 8.78 Å². The number of hydrogen-bond acceptors (Lipinski definition) is 2. The lowest BCUT2D eigenvalue weighted by Crippen LogP contribution is -2.42. The minimum absolute atomic E-state index is 0.0258. The van der Waals surface area contributed by atoms with Gasteiger partial charge in [-0.2, -0.15) is 0 Å². The minimum Gasteiger partial charge on any atom is -0.353 e. The number of nitrogens with one attached hydrogen (secondary N) is 2. The maximum atomic E-state index is 13.5. The van der Waals surface area contributed by atoms with Crippen LogP contribution in [-0.2, 0) is 11.2 Å². The highest BCUT2D eigenvalue weighted by Crippen LogP contribution is 2.17. The van der Waals surface area contributed by atoms with Crippen LogP contribution in [0.5, 0.6) is 0 Å². The highest BCUT2D eigenvalue weighted by molar-refractivity contribution is 5.80. The van der Waals surface area contributed by atoms with Crippen LogP contribution in [0.15, 0.2) is 18.2 Å². The predicted octanol–water partition coefficient (Wildman–Crippen LogP) is 2.01. The van der Waals surface area contributed by atoms with Crippen LogP contribution >= 0.6 is 0 Å². The van der Waals surface area contributed by atoms with Gasteiger partial charge in [-0.1, -0.05) is 6.07 Å². The smallest absolute Gasteiger partial charge is 0.224 e. The molecule has 0 spiro atoms. The normalized spacial score (nSPS) is 23.6. The lowest BCUT2D eigenvalue weighted by atomic mass is 9.99. The van der Waals surface area contributed by atoms with E-state index >= 15 is 0 Å². The molecule has 0 radical (unpaired) electrons. The second kappa shape index (κ2) is 6.31. The van der Waals surface area contributed by atoms with E-state index in [-0.39, 0.29) is 35.9 Å². The van der Waals surface area contributed by atoms with Gasteiger partial charge in [0.25, 0.3) is 0 Å². The average molecular weight is 282 g/mol. The second-order valence-corrected chi connectivity index (χ2v) is 5.45. The Hall–Kier alpha value is -1.49. The van der Waals surface area contributed by atoms with Crippen LogP contribution < -0.4 is 10.6 Å². The summed E-state index contributed by atoms with van der Waals surface area (Å²) in [4.78, 5) is 12.1. The van der Waals surface area contributed by atoms with Crippen molar-refractivity contribution in [2.24, 2.45) is 5.92 Å². The zero-order valence-electron chi connectivity index (χ0n) is 11.7. The summed E-state index contributed by atoms with van der Waals surface area (Å²) >= 11 is 0. The van der Waals surface area contributed by atoms with Crippen LogP contribution in [0.2, 0.25) is 0 Å². The maximum Gasteiger partial charge on any atom is 0.224 e. The maximum absolute atomic E-state index is 13.5. The molecule has 1 amide bonds. The predicted molar refractivity (Wildman–Crippen MR) is 73.2 cm³/mol. The molecule has 1 fully saturated rings. The number of rotatable bonds is 4. The van der Waals surface area contributed by atoms with E-state index in [0.29, 0.717) is 0 Å². The summed E-state index contributed by atoms with van der Waals surface area (Å²) in [5, 5.41) is 6.05. The van der Waals surface area contributed by atoms with Gasteiger partial charge >= 0.3 is 0 Å². The van der Waals surface area contributed by atoms with Crippen molar-refractivity contribution in [3.05, 3.63) is 35.4 Å². The largest absolute Gasteiger partial charge is 0.353 e. The number of amides is 1. The lowest BCUT2D eigenvalue weighted by molar-refractivity contribution is -0.125. The van der Waals surface area contributed by atoms with Crippen molar-refractivity contribution in [2.75, 3.05) is 6.54 Å². The summed E-state index contributed by atoms with van der Waals surface area (Å²) < 4.78 is 27.1. The Morgan fingerprint density at radius 2 is 2.10 bits per heavy atom. The Kier molecular flexibility index (Phi) is 4.70. The topological polar surface area (TPSA) is 41.1 Å². The van der Waals surface area contributed by atoms with E-state index in [1.165, 1.54) is 18.2 Å². The van der Waals surface area contributed by atoms with Crippen LogP contribution in [0.25, 0.3) is 0 Å². The first-order chi connectivity index (χ1) is 9.49. The average Bonchev–Trinajstić information content (AvgIpc) is 2.80. The quantitative estimate of drug-likeness (QED) is 0.887. The Bertz CT molecular complexity index is 473. The van der Waals surface area contributed by atoms with E-state index in [2.05, 4.69) is 10.6 Å². The Morgan fingerprint density at radius 1 is 1.45 bits per heavy atom. The van der Waals surface area contributed by atoms with Crippen molar-refractivity contribution < 1.29 is 13.6 Å². The van der Waals surface area contributed by atoms with Crippen LogP contribution in [0, 0.1) is 17.6 Å². The number of carbonyl (C=O) groups excluding carboxylic acids is 1. The molecule has 3 unspecified atom stereocenters. The van der Waals surface area contributed by atoms with Gasteiger partial charge in [-0.15, -0.1) is 0 Å². The highest BCUT2D eigenvalue weighted by atomic mass is 19.1. The molecule has 1 aromatic carbocycles. The third-order valence-electron chi connectivity index (χ3n) is 3.82. The van der Waals surface area contributed by atoms with Gasteiger partial charge in [0.2, 0.25) is 5.91 Å². The Labute approximate surface area is 117 Å². The lowest BCUT2D eigenvalue weighted by Gasteiger charge is -2.19. The molecule has 20 heavy (non-hydrogen) atoms. The molecule has 1 aromatic rings. The van der Waals surface area contributed by atoms with Gasteiger partial charge in [0.05, 0.1) is 5.92 Å². The second-order valence-electron chi connectivity index (χ2n) is 5.45. The molecule has 1 saturated heterocycles. The minimum atomic E-state index is -0.568. The number of hydrogen-bond donors (Lipinski definition) is 2. The van der Waals surface area contributed by atoms with E-state index in [1.807, 2.05) is 6.92 Å². The highest BCUT2D eigenvalue weighted by Gasteiger charge is 2.30. The number of carbonyl (C=O) groups is 1. The van der Waals surface area contributed by atoms with E-state index in [1.54, 1.807) is 6.92 Å². The first-order valence-electron chi connectivity index (χ1n) is 6.95. The molecule has 0 aliphatic carbocycles. The van der Waals surface area contributed by atoms with Crippen molar-refractivity contribution in [1.29, 1.82) is 0 Å². The third kappa shape index (κ3) is 3.33. The molecule has 3 nitrogen and oxygen atoms in total. The molecule has 0 aromatic heterocycles. The van der Waals surface area contributed by atoms with Crippen LogP contribution in [-0.4, -0.2) is 24.5 Å². The zero-order chi connectivity index (χ0) is 14.7. The molecular weight excluding hydrogens is 262 g/mol. The fraction of sp³-hybridized carbons (Fsp3) is 0.533. The molecule has 1 aliphatic heterocycles. The standard InChI is InChI=1S/C15H20F2N2O/c1-9(8-12-13(16)4-3-5-14(12)17)19-15(20)11-6-7-18-10(11)2/h3-5,9-11,18H,6-8H2,1-2H3,(H,19,20). The van der Waals surface area contributed by atoms with E-state index in [9.17, 15) is 13.6 Å². The van der Waals surface area contributed by atoms with Crippen molar-refractivity contribution in [3.8, 4) is 0 Å². The summed E-state index contributed by atoms with van der Waals surface area (Å²) in [6.45, 7) is 4.56. The van der Waals surface area contributed by atoms with Crippen molar-refractivity contribution in [3.63, 3.8) is 0 Å². The molecule has 1 heterocycles. The molecular formula is C15H20F2N2O. The summed E-state index contributed by atoms with van der Waals surface area (Å²) in [5.74, 6) is -1.25. The molecule has 2 N–H and O–H groups in total. The molecule has 0 bridgehead atoms. The van der Waals surface area contributed by atoms with Crippen molar-refractivity contribution in [1.82, 2.24) is 10.6 Å². The fourth-order valence-electron chi connectivity index (χ4n) is 2.65. The van der Waals surface area contributed by atoms with E-state index < -0.39 is 11.6 Å². The third-order valence-corrected chi connectivity index (χ3v) is 3.82. The van der Waals surface area contributed by atoms with Crippen molar-refractivity contribution >= 4 is 5.91 Å². The zero-order valence-corrected chi connectivity index (χ0v) is 11.7. The number of benzene rings is 1. The van der Waals surface area contributed by atoms with Gasteiger partial charge < -0.3 is 10.6 Å². The Balaban J connectivity index is 1.95. The molecule has 5 heteroatoms. The fourth-order valence-corrected chi connectivity index (χ4v) is 2.65. The molecule has 0 saturated carbocycles. The summed E-state index contributed by atoms with van der Waals surface area (Å²) in [5.41, 5.74) is 0.0258. The van der Waals surface area contributed by atoms with Gasteiger partial charge in [-0.05, 0) is 45.4 Å². The van der Waals surface area contributed by atoms with Crippen LogP contribution in [0.4, 0.5) is 8.78 Å². The van der Waals surface area contributed by atoms with Crippen LogP contribution in [0.1, 0.15) is 25.8 Å². The first-order valence-corrected chi connectivity index (χ1v) is 6.95. The molecule has 1 aliphatic rings. The first kappa shape index (κ1) is 14.9. The van der Waals surface area contributed by atoms with Crippen LogP contribution in [0.3, 0.4) is 0 Å². The molecule has 2 rings (SSSR count). The number of halogens is 2. The summed E-state index contributed by atoms with van der Waals surface area (Å²) in [7, 11) is 0. The van der Waals surface area contributed by atoms with Gasteiger partial charge in [0.15, 0.2) is 0 Å². The van der Waals surface area contributed by atoms with E-state index in [0.717, 1.165) is 13.0 Å². The van der Waals surface area contributed by atoms with E-state index in [4.69, 9.17) is 0 Å². The van der Waals surface area contributed by atoms with Gasteiger partial charge in [0, 0.05) is 17.6 Å². The summed E-state index contributed by atoms with van der Waals surface area (Å²) in [6, 6.07) is 3.64. The Morgan fingerprint density at radius 3 is 2.65 bits per heavy atom. The van der Waals surface area contributed by atoms with Crippen molar-refractivity contribution in [2.45, 2.75) is 38.8 Å².